The third kappa shape index (κ3) is 3.86. The lowest BCUT2D eigenvalue weighted by atomic mass is 9.68. The van der Waals surface area contributed by atoms with Gasteiger partial charge in [0.25, 0.3) is 0 Å². The highest BCUT2D eigenvalue weighted by Gasteiger charge is 2.43. The number of para-hydroxylation sites is 1. The van der Waals surface area contributed by atoms with E-state index in [1.54, 1.807) is 0 Å². The lowest BCUT2D eigenvalue weighted by Crippen LogP contribution is -2.42. The zero-order chi connectivity index (χ0) is 18.1. The molecule has 146 valence electrons. The van der Waals surface area contributed by atoms with E-state index in [0.29, 0.717) is 5.41 Å². The van der Waals surface area contributed by atoms with Crippen LogP contribution in [0.1, 0.15) is 42.6 Å². The van der Waals surface area contributed by atoms with Gasteiger partial charge in [0.1, 0.15) is 0 Å². The summed E-state index contributed by atoms with van der Waals surface area (Å²) in [7, 11) is 1.89. The molecular formula is C21H30IN5. The van der Waals surface area contributed by atoms with Crippen molar-refractivity contribution in [3.63, 3.8) is 0 Å². The Morgan fingerprint density at radius 3 is 2.52 bits per heavy atom. The van der Waals surface area contributed by atoms with Gasteiger partial charge in [-0.25, -0.2) is 4.68 Å². The molecule has 0 radical (unpaired) electrons. The van der Waals surface area contributed by atoms with Crippen LogP contribution < -0.4 is 5.32 Å². The van der Waals surface area contributed by atoms with Gasteiger partial charge in [0.05, 0.1) is 11.4 Å². The number of nitrogens with zero attached hydrogens (tertiary/aromatic N) is 4. The van der Waals surface area contributed by atoms with Crippen LogP contribution in [0.4, 0.5) is 0 Å². The monoisotopic (exact) mass is 479 g/mol. The van der Waals surface area contributed by atoms with Crippen molar-refractivity contribution >= 4 is 29.9 Å². The smallest absolute Gasteiger partial charge is 0.193 e. The number of aliphatic imine (C=N–C) groups is 1. The Morgan fingerprint density at radius 2 is 1.93 bits per heavy atom. The van der Waals surface area contributed by atoms with Gasteiger partial charge in [0.2, 0.25) is 0 Å². The molecule has 1 aliphatic carbocycles. The summed E-state index contributed by atoms with van der Waals surface area (Å²) in [5, 5.41) is 8.33. The van der Waals surface area contributed by atoms with Crippen LogP contribution in [-0.2, 0) is 6.54 Å². The molecule has 27 heavy (non-hydrogen) atoms. The van der Waals surface area contributed by atoms with Gasteiger partial charge >= 0.3 is 0 Å². The maximum absolute atomic E-state index is 4.75. The standard InChI is InChI=1S/C21H29N5.HI/c1-16-19(17(2)26(24-16)18-8-5-4-6-9-18)14-23-20(22-3)25-13-12-21(15-25)10-7-11-21;/h4-6,8-9H,7,10-15H2,1-3H3,(H,22,23);1H. The van der Waals surface area contributed by atoms with Gasteiger partial charge in [-0.15, -0.1) is 24.0 Å². The van der Waals surface area contributed by atoms with Gasteiger partial charge < -0.3 is 10.2 Å². The zero-order valence-corrected chi connectivity index (χ0v) is 18.9. The number of aryl methyl sites for hydroxylation is 1. The van der Waals surface area contributed by atoms with Crippen LogP contribution in [-0.4, -0.2) is 40.8 Å². The Bertz CT molecular complexity index is 807. The molecule has 6 heteroatoms. The van der Waals surface area contributed by atoms with Crippen LogP contribution in [0.3, 0.4) is 0 Å². The van der Waals surface area contributed by atoms with E-state index < -0.39 is 0 Å². The van der Waals surface area contributed by atoms with Crippen molar-refractivity contribution in [2.24, 2.45) is 10.4 Å². The van der Waals surface area contributed by atoms with Crippen LogP contribution in [0.2, 0.25) is 0 Å². The number of benzene rings is 1. The lowest BCUT2D eigenvalue weighted by Gasteiger charge is -2.38. The lowest BCUT2D eigenvalue weighted by molar-refractivity contribution is 0.151. The summed E-state index contributed by atoms with van der Waals surface area (Å²) in [6, 6.07) is 10.3. The third-order valence-electron chi connectivity index (χ3n) is 6.23. The van der Waals surface area contributed by atoms with E-state index in [9.17, 15) is 0 Å². The van der Waals surface area contributed by atoms with E-state index in [4.69, 9.17) is 5.10 Å². The average Bonchev–Trinajstić information content (AvgIpc) is 3.20. The van der Waals surface area contributed by atoms with E-state index >= 15 is 0 Å². The maximum Gasteiger partial charge on any atom is 0.193 e. The quantitative estimate of drug-likeness (QED) is 0.411. The molecule has 1 N–H and O–H groups in total. The summed E-state index contributed by atoms with van der Waals surface area (Å²) >= 11 is 0. The van der Waals surface area contributed by atoms with Gasteiger partial charge in [-0.05, 0) is 50.7 Å². The molecule has 1 aliphatic heterocycles. The molecule has 1 saturated carbocycles. The normalized spacial score (nSPS) is 18.3. The SMILES string of the molecule is CN=C(NCc1c(C)nn(-c2ccccc2)c1C)N1CCC2(CCC2)C1.I. The first-order valence-corrected chi connectivity index (χ1v) is 9.68. The maximum atomic E-state index is 4.75. The van der Waals surface area contributed by atoms with Gasteiger partial charge in [0.15, 0.2) is 5.96 Å². The molecule has 5 nitrogen and oxygen atoms in total. The number of hydrogen-bond acceptors (Lipinski definition) is 2. The van der Waals surface area contributed by atoms with Gasteiger partial charge in [0, 0.05) is 37.9 Å². The third-order valence-corrected chi connectivity index (χ3v) is 6.23. The van der Waals surface area contributed by atoms with Crippen molar-refractivity contribution in [2.75, 3.05) is 20.1 Å². The van der Waals surface area contributed by atoms with E-state index in [0.717, 1.165) is 37.0 Å². The molecular weight excluding hydrogens is 449 g/mol. The average molecular weight is 479 g/mol. The molecule has 4 rings (SSSR count). The van der Waals surface area contributed by atoms with Crippen LogP contribution in [0.15, 0.2) is 35.3 Å². The van der Waals surface area contributed by atoms with E-state index in [2.05, 4.69) is 53.3 Å². The fourth-order valence-electron chi connectivity index (χ4n) is 4.45. The molecule has 0 bridgehead atoms. The molecule has 2 aromatic rings. The Morgan fingerprint density at radius 1 is 1.19 bits per heavy atom. The minimum absolute atomic E-state index is 0. The highest BCUT2D eigenvalue weighted by molar-refractivity contribution is 14.0. The molecule has 2 aliphatic rings. The number of rotatable bonds is 3. The number of halogens is 1. The first-order chi connectivity index (χ1) is 12.6. The molecule has 1 aromatic heterocycles. The molecule has 1 spiro atoms. The first-order valence-electron chi connectivity index (χ1n) is 9.68. The second-order valence-electron chi connectivity index (χ2n) is 7.82. The van der Waals surface area contributed by atoms with Crippen molar-refractivity contribution < 1.29 is 0 Å². The van der Waals surface area contributed by atoms with Gasteiger partial charge in [-0.2, -0.15) is 5.10 Å². The number of aromatic nitrogens is 2. The second kappa shape index (κ2) is 8.20. The minimum atomic E-state index is 0. The molecule has 0 unspecified atom stereocenters. The number of nitrogens with one attached hydrogen (secondary N) is 1. The van der Waals surface area contributed by atoms with E-state index in [-0.39, 0.29) is 24.0 Å². The highest BCUT2D eigenvalue weighted by Crippen LogP contribution is 2.47. The zero-order valence-electron chi connectivity index (χ0n) is 16.5. The summed E-state index contributed by atoms with van der Waals surface area (Å²) in [5.41, 5.74) is 5.21. The molecule has 2 fully saturated rings. The largest absolute Gasteiger partial charge is 0.352 e. The molecule has 1 aromatic carbocycles. The van der Waals surface area contributed by atoms with Crippen LogP contribution >= 0.6 is 24.0 Å². The number of likely N-dealkylation sites (tertiary alicyclic amines) is 1. The van der Waals surface area contributed by atoms with Crippen molar-refractivity contribution in [2.45, 2.75) is 46.1 Å². The summed E-state index contributed by atoms with van der Waals surface area (Å²) in [5.74, 6) is 1.03. The Kier molecular flexibility index (Phi) is 6.13. The summed E-state index contributed by atoms with van der Waals surface area (Å²) < 4.78 is 2.04. The molecule has 0 atom stereocenters. The number of guanidine groups is 1. The molecule has 2 heterocycles. The Balaban J connectivity index is 0.00000210. The van der Waals surface area contributed by atoms with Crippen LogP contribution in [0, 0.1) is 19.3 Å². The van der Waals surface area contributed by atoms with Crippen LogP contribution in [0.5, 0.6) is 0 Å². The summed E-state index contributed by atoms with van der Waals surface area (Å²) in [4.78, 5) is 6.97. The number of hydrogen-bond donors (Lipinski definition) is 1. The minimum Gasteiger partial charge on any atom is -0.352 e. The topological polar surface area (TPSA) is 45.5 Å². The Labute approximate surface area is 179 Å². The fourth-order valence-corrected chi connectivity index (χ4v) is 4.45. The first kappa shape index (κ1) is 20.2. The van der Waals surface area contributed by atoms with Gasteiger partial charge in [-0.3, -0.25) is 4.99 Å². The van der Waals surface area contributed by atoms with Gasteiger partial charge in [-0.1, -0.05) is 24.6 Å². The highest BCUT2D eigenvalue weighted by atomic mass is 127. The van der Waals surface area contributed by atoms with Crippen molar-refractivity contribution in [1.82, 2.24) is 20.0 Å². The van der Waals surface area contributed by atoms with Crippen LogP contribution in [0.25, 0.3) is 5.69 Å². The van der Waals surface area contributed by atoms with E-state index in [1.165, 1.54) is 36.9 Å². The summed E-state index contributed by atoms with van der Waals surface area (Å²) in [6.45, 7) is 7.28. The van der Waals surface area contributed by atoms with Crippen molar-refractivity contribution in [3.05, 3.63) is 47.3 Å². The predicted molar refractivity (Wildman–Crippen MR) is 121 cm³/mol. The van der Waals surface area contributed by atoms with E-state index in [1.807, 2.05) is 17.8 Å². The fraction of sp³-hybridized carbons (Fsp3) is 0.524. The Hall–Kier alpha value is -1.57. The van der Waals surface area contributed by atoms with Crippen molar-refractivity contribution in [1.29, 1.82) is 0 Å². The second-order valence-corrected chi connectivity index (χ2v) is 7.82. The predicted octanol–water partition coefficient (Wildman–Crippen LogP) is 4.06. The molecule has 0 amide bonds. The summed E-state index contributed by atoms with van der Waals surface area (Å²) in [6.07, 6.45) is 5.50. The molecule has 1 saturated heterocycles. The van der Waals surface area contributed by atoms with Crippen molar-refractivity contribution in [3.8, 4) is 5.69 Å².